The molecule has 0 aliphatic carbocycles. The largest absolute Gasteiger partial charge is 0.492 e. The van der Waals surface area contributed by atoms with E-state index in [0.717, 1.165) is 44.6 Å². The Morgan fingerprint density at radius 1 is 0.854 bits per heavy atom. The molecular formula is C32H30N4O4S. The van der Waals surface area contributed by atoms with Gasteiger partial charge < -0.3 is 19.1 Å². The van der Waals surface area contributed by atoms with Crippen LogP contribution in [0.15, 0.2) is 96.0 Å². The van der Waals surface area contributed by atoms with Crippen LogP contribution in [0.1, 0.15) is 5.56 Å². The van der Waals surface area contributed by atoms with Crippen molar-refractivity contribution in [2.45, 2.75) is 6.54 Å². The van der Waals surface area contributed by atoms with E-state index in [-0.39, 0.29) is 12.5 Å². The van der Waals surface area contributed by atoms with Gasteiger partial charge >= 0.3 is 0 Å². The number of anilines is 1. The number of ether oxygens (including phenoxy) is 1. The lowest BCUT2D eigenvalue weighted by Gasteiger charge is -2.36. The Morgan fingerprint density at radius 3 is 2.29 bits per heavy atom. The maximum atomic E-state index is 13.3. The first-order chi connectivity index (χ1) is 20.1. The second-order valence-corrected chi connectivity index (χ2v) is 10.9. The minimum absolute atomic E-state index is 0.212. The zero-order valence-electron chi connectivity index (χ0n) is 22.5. The molecule has 3 aromatic carbocycles. The van der Waals surface area contributed by atoms with Crippen molar-refractivity contribution in [3.8, 4) is 5.75 Å². The van der Waals surface area contributed by atoms with Crippen molar-refractivity contribution < 1.29 is 19.1 Å². The van der Waals surface area contributed by atoms with Crippen LogP contribution in [0, 0.1) is 0 Å². The molecule has 2 fully saturated rings. The Labute approximate surface area is 242 Å². The van der Waals surface area contributed by atoms with Crippen LogP contribution >= 0.6 is 11.8 Å². The summed E-state index contributed by atoms with van der Waals surface area (Å²) < 4.78 is 7.97. The highest BCUT2D eigenvalue weighted by molar-refractivity contribution is 8.18. The van der Waals surface area contributed by atoms with Crippen molar-refractivity contribution in [1.82, 2.24) is 14.4 Å². The number of amides is 3. The Balaban J connectivity index is 1.11. The molecule has 8 nitrogen and oxygen atoms in total. The number of rotatable bonds is 8. The third kappa shape index (κ3) is 5.85. The van der Waals surface area contributed by atoms with Gasteiger partial charge in [0, 0.05) is 54.5 Å². The summed E-state index contributed by atoms with van der Waals surface area (Å²) in [6.07, 6.45) is 3.73. The highest BCUT2D eigenvalue weighted by Gasteiger charge is 2.37. The number of benzene rings is 3. The van der Waals surface area contributed by atoms with E-state index in [1.807, 2.05) is 79.0 Å². The van der Waals surface area contributed by atoms with Gasteiger partial charge in [-0.1, -0.05) is 54.6 Å². The first-order valence-corrected chi connectivity index (χ1v) is 14.5. The van der Waals surface area contributed by atoms with Crippen LogP contribution in [-0.2, 0) is 16.1 Å². The van der Waals surface area contributed by atoms with Crippen LogP contribution in [0.3, 0.4) is 0 Å². The van der Waals surface area contributed by atoms with E-state index in [9.17, 15) is 14.4 Å². The minimum atomic E-state index is -0.430. The lowest BCUT2D eigenvalue weighted by Crippen LogP contribution is -2.51. The molecule has 0 spiro atoms. The number of aromatic nitrogens is 1. The average Bonchev–Trinajstić information content (AvgIpc) is 3.49. The topological polar surface area (TPSA) is 75.1 Å². The molecule has 4 aromatic rings. The Bertz CT molecular complexity index is 1590. The highest BCUT2D eigenvalue weighted by atomic mass is 32.2. The van der Waals surface area contributed by atoms with Gasteiger partial charge in [0.15, 0.2) is 0 Å². The van der Waals surface area contributed by atoms with Crippen molar-refractivity contribution >= 4 is 51.5 Å². The fraction of sp³-hybridized carbons (Fsp3) is 0.219. The summed E-state index contributed by atoms with van der Waals surface area (Å²) in [6.45, 7) is 3.37. The van der Waals surface area contributed by atoms with Gasteiger partial charge in [0.1, 0.15) is 18.9 Å². The van der Waals surface area contributed by atoms with Crippen LogP contribution in [0.25, 0.3) is 17.0 Å². The second kappa shape index (κ2) is 11.9. The van der Waals surface area contributed by atoms with E-state index in [1.165, 1.54) is 0 Å². The summed E-state index contributed by atoms with van der Waals surface area (Å²) in [6, 6.07) is 27.7. The fourth-order valence-electron chi connectivity index (χ4n) is 5.22. The summed E-state index contributed by atoms with van der Waals surface area (Å²) in [5, 5.41) is 0.559. The molecule has 1 aromatic heterocycles. The van der Waals surface area contributed by atoms with Gasteiger partial charge in [0.25, 0.3) is 11.1 Å². The van der Waals surface area contributed by atoms with E-state index in [1.54, 1.807) is 11.0 Å². The maximum Gasteiger partial charge on any atom is 0.294 e. The molecule has 3 heterocycles. The van der Waals surface area contributed by atoms with Gasteiger partial charge in [0.2, 0.25) is 5.91 Å². The zero-order chi connectivity index (χ0) is 28.2. The van der Waals surface area contributed by atoms with Crippen molar-refractivity contribution in [1.29, 1.82) is 0 Å². The van der Waals surface area contributed by atoms with Crippen molar-refractivity contribution in [2.24, 2.45) is 0 Å². The van der Waals surface area contributed by atoms with Gasteiger partial charge in [0.05, 0.1) is 11.4 Å². The number of thioether (sulfide) groups is 1. The minimum Gasteiger partial charge on any atom is -0.492 e. The molecule has 0 unspecified atom stereocenters. The molecule has 2 aliphatic rings. The second-order valence-electron chi connectivity index (χ2n) is 9.93. The molecule has 208 valence electrons. The van der Waals surface area contributed by atoms with Crippen molar-refractivity contribution in [3.05, 3.63) is 102 Å². The monoisotopic (exact) mass is 566 g/mol. The van der Waals surface area contributed by atoms with Crippen LogP contribution in [-0.4, -0.2) is 70.8 Å². The lowest BCUT2D eigenvalue weighted by atomic mass is 10.1. The number of imide groups is 1. The first kappa shape index (κ1) is 26.7. The molecule has 0 radical (unpaired) electrons. The summed E-state index contributed by atoms with van der Waals surface area (Å²) in [5.74, 6) is 0.169. The van der Waals surface area contributed by atoms with Gasteiger partial charge in [-0.15, -0.1) is 0 Å². The Kier molecular flexibility index (Phi) is 7.78. The van der Waals surface area contributed by atoms with E-state index in [2.05, 4.69) is 21.6 Å². The molecule has 9 heteroatoms. The van der Waals surface area contributed by atoms with E-state index < -0.39 is 11.1 Å². The molecular weight excluding hydrogens is 536 g/mol. The molecule has 0 saturated carbocycles. The molecule has 0 atom stereocenters. The molecule has 0 bridgehead atoms. The smallest absolute Gasteiger partial charge is 0.294 e. The highest BCUT2D eigenvalue weighted by Crippen LogP contribution is 2.34. The molecule has 0 N–H and O–H groups in total. The van der Waals surface area contributed by atoms with Gasteiger partial charge in [-0.05, 0) is 48.2 Å². The zero-order valence-corrected chi connectivity index (χ0v) is 23.3. The average molecular weight is 567 g/mol. The SMILES string of the molecule is O=C(CN1C(=O)S/C(=C\c2cn(CCOc3ccccc3)c3ccccc23)C1=O)N1CCN(c2ccccc2)CC1. The molecule has 6 rings (SSSR count). The lowest BCUT2D eigenvalue weighted by molar-refractivity contribution is -0.136. The predicted octanol–water partition coefficient (Wildman–Crippen LogP) is 5.11. The van der Waals surface area contributed by atoms with Crippen LogP contribution < -0.4 is 9.64 Å². The summed E-state index contributed by atoms with van der Waals surface area (Å²) in [7, 11) is 0. The summed E-state index contributed by atoms with van der Waals surface area (Å²) >= 11 is 0.882. The molecule has 41 heavy (non-hydrogen) atoms. The quantitative estimate of drug-likeness (QED) is 0.276. The molecule has 2 saturated heterocycles. The van der Waals surface area contributed by atoms with Crippen molar-refractivity contribution in [3.63, 3.8) is 0 Å². The third-order valence-corrected chi connectivity index (χ3v) is 8.28. The summed E-state index contributed by atoms with van der Waals surface area (Å²) in [5.41, 5.74) is 2.98. The van der Waals surface area contributed by atoms with Gasteiger partial charge in [-0.2, -0.15) is 0 Å². The number of hydrogen-bond donors (Lipinski definition) is 0. The van der Waals surface area contributed by atoms with Crippen LogP contribution in [0.2, 0.25) is 0 Å². The fourth-order valence-corrected chi connectivity index (χ4v) is 6.05. The number of hydrogen-bond acceptors (Lipinski definition) is 6. The van der Waals surface area contributed by atoms with E-state index >= 15 is 0 Å². The standard InChI is InChI=1S/C32H30N4O4S/c37-30(34-17-15-33(16-18-34)25-9-3-1-4-10-25)23-36-31(38)29(41-32(36)39)21-24-22-35(28-14-8-7-13-27(24)28)19-20-40-26-11-5-2-6-12-26/h1-14,21-22H,15-20,23H2/b29-21-. The number of para-hydroxylation sites is 3. The van der Waals surface area contributed by atoms with Gasteiger partial charge in [-0.25, -0.2) is 0 Å². The van der Waals surface area contributed by atoms with Gasteiger partial charge in [-0.3, -0.25) is 19.3 Å². The third-order valence-electron chi connectivity index (χ3n) is 7.37. The van der Waals surface area contributed by atoms with Crippen LogP contribution in [0.5, 0.6) is 5.75 Å². The molecule has 2 aliphatic heterocycles. The first-order valence-electron chi connectivity index (χ1n) is 13.7. The number of nitrogens with zero attached hydrogens (tertiary/aromatic N) is 4. The number of carbonyl (C=O) groups excluding carboxylic acids is 3. The number of piperazine rings is 1. The Morgan fingerprint density at radius 2 is 1.54 bits per heavy atom. The molecule has 3 amide bonds. The summed E-state index contributed by atoms with van der Waals surface area (Å²) in [4.78, 5) is 44.5. The maximum absolute atomic E-state index is 13.3. The predicted molar refractivity (Wildman–Crippen MR) is 162 cm³/mol. The normalized spacial score (nSPS) is 16.7. The van der Waals surface area contributed by atoms with E-state index in [0.29, 0.717) is 44.2 Å². The van der Waals surface area contributed by atoms with E-state index in [4.69, 9.17) is 4.74 Å². The van der Waals surface area contributed by atoms with Crippen LogP contribution in [0.4, 0.5) is 10.5 Å². The Hall–Kier alpha value is -4.50. The number of fused-ring (bicyclic) bond motifs is 1. The number of carbonyl (C=O) groups is 3. The van der Waals surface area contributed by atoms with Crippen molar-refractivity contribution in [2.75, 3.05) is 44.2 Å².